The van der Waals surface area contributed by atoms with Gasteiger partial charge in [0.15, 0.2) is 0 Å². The fraction of sp³-hybridized carbons (Fsp3) is 0.533. The first-order valence-corrected chi connectivity index (χ1v) is 6.99. The van der Waals surface area contributed by atoms with E-state index in [9.17, 15) is 4.79 Å². The average molecular weight is 280 g/mol. The zero-order valence-corrected chi connectivity index (χ0v) is 12.5. The van der Waals surface area contributed by atoms with Crippen molar-refractivity contribution in [3.05, 3.63) is 23.8 Å². The second-order valence-corrected chi connectivity index (χ2v) is 4.52. The van der Waals surface area contributed by atoms with Gasteiger partial charge < -0.3 is 20.1 Å². The third kappa shape index (κ3) is 4.74. The van der Waals surface area contributed by atoms with Gasteiger partial charge in [0.2, 0.25) is 0 Å². The van der Waals surface area contributed by atoms with Gasteiger partial charge in [0.05, 0.1) is 18.4 Å². The number of benzene rings is 1. The highest BCUT2D eigenvalue weighted by Crippen LogP contribution is 2.22. The summed E-state index contributed by atoms with van der Waals surface area (Å²) in [5, 5.41) is 12.3. The van der Waals surface area contributed by atoms with E-state index < -0.39 is 5.97 Å². The van der Waals surface area contributed by atoms with Gasteiger partial charge in [-0.1, -0.05) is 13.8 Å². The van der Waals surface area contributed by atoms with Crippen LogP contribution in [0, 0.1) is 0 Å². The molecule has 0 aromatic heterocycles. The van der Waals surface area contributed by atoms with Crippen LogP contribution in [0.25, 0.3) is 0 Å². The van der Waals surface area contributed by atoms with E-state index in [0.29, 0.717) is 11.4 Å². The van der Waals surface area contributed by atoms with Crippen LogP contribution in [-0.4, -0.2) is 49.3 Å². The topological polar surface area (TPSA) is 61.8 Å². The van der Waals surface area contributed by atoms with Gasteiger partial charge in [0.25, 0.3) is 0 Å². The van der Waals surface area contributed by atoms with Crippen LogP contribution in [0.15, 0.2) is 18.2 Å². The van der Waals surface area contributed by atoms with Gasteiger partial charge >= 0.3 is 5.97 Å². The quantitative estimate of drug-likeness (QED) is 0.681. The Hall–Kier alpha value is -1.75. The molecule has 112 valence electrons. The maximum Gasteiger partial charge on any atom is 0.337 e. The summed E-state index contributed by atoms with van der Waals surface area (Å²) in [6, 6.07) is 4.94. The molecule has 0 fully saturated rings. The highest BCUT2D eigenvalue weighted by Gasteiger charge is 2.10. The van der Waals surface area contributed by atoms with Gasteiger partial charge in [-0.2, -0.15) is 0 Å². The number of anilines is 1. The highest BCUT2D eigenvalue weighted by molar-refractivity contribution is 5.94. The van der Waals surface area contributed by atoms with Crippen LogP contribution in [0.2, 0.25) is 0 Å². The molecule has 1 aromatic rings. The van der Waals surface area contributed by atoms with Gasteiger partial charge in [-0.15, -0.1) is 0 Å². The fourth-order valence-corrected chi connectivity index (χ4v) is 2.05. The Bertz CT molecular complexity index is 431. The molecule has 0 aliphatic carbocycles. The van der Waals surface area contributed by atoms with E-state index in [1.54, 1.807) is 25.3 Å². The zero-order valence-electron chi connectivity index (χ0n) is 12.5. The summed E-state index contributed by atoms with van der Waals surface area (Å²) in [7, 11) is 1.57. The van der Waals surface area contributed by atoms with Crippen LogP contribution in [-0.2, 0) is 0 Å². The molecule has 2 N–H and O–H groups in total. The first kappa shape index (κ1) is 16.3. The van der Waals surface area contributed by atoms with Gasteiger partial charge in [-0.05, 0) is 38.2 Å². The van der Waals surface area contributed by atoms with E-state index in [4.69, 9.17) is 9.84 Å². The average Bonchev–Trinajstić information content (AvgIpc) is 2.47. The van der Waals surface area contributed by atoms with E-state index in [1.807, 2.05) is 0 Å². The molecular formula is C15H24N2O3. The summed E-state index contributed by atoms with van der Waals surface area (Å²) in [6.45, 7) is 8.10. The van der Waals surface area contributed by atoms with Crippen LogP contribution >= 0.6 is 0 Å². The highest BCUT2D eigenvalue weighted by atomic mass is 16.5. The smallest absolute Gasteiger partial charge is 0.337 e. The minimum absolute atomic E-state index is 0.272. The molecular weight excluding hydrogens is 256 g/mol. The molecule has 0 bridgehead atoms. The lowest BCUT2D eigenvalue weighted by atomic mass is 10.1. The summed E-state index contributed by atoms with van der Waals surface area (Å²) in [5.41, 5.74) is 0.880. The molecule has 0 radical (unpaired) electrons. The standard InChI is InChI=1S/C15H24N2O3/c1-4-17(5-2)10-6-9-16-14-11-12(20-3)7-8-13(14)15(18)19/h7-8,11,16H,4-6,9-10H2,1-3H3,(H,18,19). The maximum atomic E-state index is 11.2. The summed E-state index contributed by atoms with van der Waals surface area (Å²) in [6.07, 6.45) is 0.970. The van der Waals surface area contributed by atoms with E-state index in [-0.39, 0.29) is 5.56 Å². The predicted molar refractivity (Wildman–Crippen MR) is 80.8 cm³/mol. The molecule has 0 aliphatic rings. The number of carboxylic acid groups (broad SMARTS) is 1. The van der Waals surface area contributed by atoms with Crippen molar-refractivity contribution in [3.63, 3.8) is 0 Å². The van der Waals surface area contributed by atoms with Gasteiger partial charge in [-0.3, -0.25) is 0 Å². The molecule has 0 saturated carbocycles. The molecule has 5 heteroatoms. The summed E-state index contributed by atoms with van der Waals surface area (Å²) in [4.78, 5) is 13.5. The molecule has 0 atom stereocenters. The fourth-order valence-electron chi connectivity index (χ4n) is 2.05. The van der Waals surface area contributed by atoms with Crippen LogP contribution in [0.1, 0.15) is 30.6 Å². The number of ether oxygens (including phenoxy) is 1. The minimum atomic E-state index is -0.932. The number of nitrogens with one attached hydrogen (secondary N) is 1. The Balaban J connectivity index is 2.59. The van der Waals surface area contributed by atoms with E-state index in [2.05, 4.69) is 24.1 Å². The second kappa shape index (κ2) is 8.43. The van der Waals surface area contributed by atoms with Crippen molar-refractivity contribution in [2.24, 2.45) is 0 Å². The third-order valence-electron chi connectivity index (χ3n) is 3.32. The minimum Gasteiger partial charge on any atom is -0.497 e. The molecule has 1 aromatic carbocycles. The Morgan fingerprint density at radius 1 is 1.35 bits per heavy atom. The van der Waals surface area contributed by atoms with Crippen LogP contribution < -0.4 is 10.1 Å². The number of hydrogen-bond donors (Lipinski definition) is 2. The van der Waals surface area contributed by atoms with Gasteiger partial charge in [-0.25, -0.2) is 4.79 Å². The van der Waals surface area contributed by atoms with Crippen molar-refractivity contribution >= 4 is 11.7 Å². The number of aromatic carboxylic acids is 1. The Morgan fingerprint density at radius 3 is 2.60 bits per heavy atom. The molecule has 0 amide bonds. The molecule has 20 heavy (non-hydrogen) atoms. The van der Waals surface area contributed by atoms with E-state index in [0.717, 1.165) is 32.6 Å². The normalized spacial score (nSPS) is 10.6. The first-order chi connectivity index (χ1) is 9.62. The monoisotopic (exact) mass is 280 g/mol. The second-order valence-electron chi connectivity index (χ2n) is 4.52. The Morgan fingerprint density at radius 2 is 2.05 bits per heavy atom. The first-order valence-electron chi connectivity index (χ1n) is 6.99. The Kier molecular flexibility index (Phi) is 6.87. The molecule has 0 heterocycles. The lowest BCUT2D eigenvalue weighted by molar-refractivity contribution is 0.0698. The number of methoxy groups -OCH3 is 1. The van der Waals surface area contributed by atoms with Crippen molar-refractivity contribution < 1.29 is 14.6 Å². The summed E-state index contributed by atoms with van der Waals surface area (Å²) < 4.78 is 5.13. The van der Waals surface area contributed by atoms with Crippen molar-refractivity contribution in [2.75, 3.05) is 38.6 Å². The molecule has 0 spiro atoms. The van der Waals surface area contributed by atoms with Crippen LogP contribution in [0.4, 0.5) is 5.69 Å². The lowest BCUT2D eigenvalue weighted by Crippen LogP contribution is -2.25. The van der Waals surface area contributed by atoms with Crippen molar-refractivity contribution in [2.45, 2.75) is 20.3 Å². The van der Waals surface area contributed by atoms with Crippen molar-refractivity contribution in [1.82, 2.24) is 4.90 Å². The SMILES string of the molecule is CCN(CC)CCCNc1cc(OC)ccc1C(=O)O. The van der Waals surface area contributed by atoms with Gasteiger partial charge in [0, 0.05) is 12.6 Å². The van der Waals surface area contributed by atoms with Crippen molar-refractivity contribution in [1.29, 1.82) is 0 Å². The van der Waals surface area contributed by atoms with Crippen molar-refractivity contribution in [3.8, 4) is 5.75 Å². The zero-order chi connectivity index (χ0) is 15.0. The maximum absolute atomic E-state index is 11.2. The van der Waals surface area contributed by atoms with Crippen LogP contribution in [0.5, 0.6) is 5.75 Å². The number of hydrogen-bond acceptors (Lipinski definition) is 4. The molecule has 0 unspecified atom stereocenters. The number of rotatable bonds is 9. The summed E-state index contributed by atoms with van der Waals surface area (Å²) in [5.74, 6) is -0.278. The van der Waals surface area contributed by atoms with Gasteiger partial charge in [0.1, 0.15) is 5.75 Å². The number of carboxylic acids is 1. The predicted octanol–water partition coefficient (Wildman–Crippen LogP) is 2.54. The largest absolute Gasteiger partial charge is 0.497 e. The molecule has 1 rings (SSSR count). The molecule has 5 nitrogen and oxygen atoms in total. The lowest BCUT2D eigenvalue weighted by Gasteiger charge is -2.18. The molecule has 0 saturated heterocycles. The molecule has 0 aliphatic heterocycles. The Labute approximate surface area is 120 Å². The number of nitrogens with zero attached hydrogens (tertiary/aromatic N) is 1. The van der Waals surface area contributed by atoms with E-state index in [1.165, 1.54) is 0 Å². The number of carbonyl (C=O) groups is 1. The van der Waals surface area contributed by atoms with Crippen LogP contribution in [0.3, 0.4) is 0 Å². The third-order valence-corrected chi connectivity index (χ3v) is 3.32. The van der Waals surface area contributed by atoms with E-state index >= 15 is 0 Å². The summed E-state index contributed by atoms with van der Waals surface area (Å²) >= 11 is 0.